The Morgan fingerprint density at radius 2 is 1.59 bits per heavy atom. The third-order valence-corrected chi connectivity index (χ3v) is 4.37. The summed E-state index contributed by atoms with van der Waals surface area (Å²) in [6, 6.07) is 16.5. The highest BCUT2D eigenvalue weighted by molar-refractivity contribution is 6.09. The van der Waals surface area contributed by atoms with Crippen molar-refractivity contribution in [1.29, 1.82) is 0 Å². The van der Waals surface area contributed by atoms with E-state index in [0.29, 0.717) is 11.1 Å². The monoisotopic (exact) mass is 366 g/mol. The predicted octanol–water partition coefficient (Wildman–Crippen LogP) is 1.88. The minimum atomic E-state index is -1.25. The van der Waals surface area contributed by atoms with Crippen molar-refractivity contribution in [2.45, 2.75) is 12.5 Å². The Hall–Kier alpha value is -3.48. The van der Waals surface area contributed by atoms with Crippen LogP contribution < -0.4 is 5.32 Å². The number of carbonyl (C=O) groups is 4. The van der Waals surface area contributed by atoms with E-state index in [-0.39, 0.29) is 5.78 Å². The average Bonchev–Trinajstić information content (AvgIpc) is 2.91. The van der Waals surface area contributed by atoms with E-state index in [4.69, 9.17) is 4.74 Å². The standard InChI is InChI=1S/C20H18N2O5/c1-20(15-10-6-3-7-11-15)18(25)22(19(26)21-20)12-17(24)27-13-16(23)14-8-4-2-5-9-14/h2-11H,12-13H2,1H3,(H,21,26)/t20-/m0/s1. The van der Waals surface area contributed by atoms with Gasteiger partial charge >= 0.3 is 12.0 Å². The number of ketones is 1. The summed E-state index contributed by atoms with van der Waals surface area (Å²) in [4.78, 5) is 49.7. The molecule has 7 heteroatoms. The smallest absolute Gasteiger partial charge is 0.326 e. The Kier molecular flexibility index (Phi) is 5.03. The van der Waals surface area contributed by atoms with Gasteiger partial charge in [-0.3, -0.25) is 19.3 Å². The molecular weight excluding hydrogens is 348 g/mol. The lowest BCUT2D eigenvalue weighted by Crippen LogP contribution is -2.41. The number of nitrogens with one attached hydrogen (secondary N) is 1. The zero-order valence-electron chi connectivity index (χ0n) is 14.7. The highest BCUT2D eigenvalue weighted by Gasteiger charge is 2.49. The molecule has 138 valence electrons. The van der Waals surface area contributed by atoms with Gasteiger partial charge in [0.05, 0.1) is 0 Å². The number of Topliss-reactive ketones (excluding diaryl/α,β-unsaturated/α-hetero) is 1. The largest absolute Gasteiger partial charge is 0.456 e. The van der Waals surface area contributed by atoms with Crippen LogP contribution in [0.4, 0.5) is 4.79 Å². The first-order valence-corrected chi connectivity index (χ1v) is 8.35. The fourth-order valence-electron chi connectivity index (χ4n) is 2.84. The lowest BCUT2D eigenvalue weighted by atomic mass is 9.92. The lowest BCUT2D eigenvalue weighted by Gasteiger charge is -2.21. The van der Waals surface area contributed by atoms with Crippen LogP contribution in [0.3, 0.4) is 0 Å². The first-order valence-electron chi connectivity index (χ1n) is 8.35. The van der Waals surface area contributed by atoms with Crippen molar-refractivity contribution >= 4 is 23.7 Å². The zero-order chi connectivity index (χ0) is 19.4. The molecule has 27 heavy (non-hydrogen) atoms. The SMILES string of the molecule is C[C@@]1(c2ccccc2)NC(=O)N(CC(=O)OCC(=O)c2ccccc2)C1=O. The Morgan fingerprint density at radius 1 is 1.00 bits per heavy atom. The molecular formula is C20H18N2O5. The highest BCUT2D eigenvalue weighted by atomic mass is 16.5. The molecule has 1 aliphatic heterocycles. The number of rotatable bonds is 6. The normalized spacial score (nSPS) is 18.9. The number of amides is 3. The number of nitrogens with zero attached hydrogens (tertiary/aromatic N) is 1. The van der Waals surface area contributed by atoms with E-state index in [0.717, 1.165) is 4.90 Å². The number of carbonyl (C=O) groups excluding carboxylic acids is 4. The molecule has 0 aromatic heterocycles. The van der Waals surface area contributed by atoms with Gasteiger partial charge in [-0.2, -0.15) is 0 Å². The second kappa shape index (κ2) is 7.41. The lowest BCUT2D eigenvalue weighted by molar-refractivity contribution is -0.146. The number of esters is 1. The summed E-state index contributed by atoms with van der Waals surface area (Å²) in [7, 11) is 0. The van der Waals surface area contributed by atoms with Gasteiger partial charge < -0.3 is 10.1 Å². The predicted molar refractivity (Wildman–Crippen MR) is 95.8 cm³/mol. The van der Waals surface area contributed by atoms with Gasteiger partial charge in [-0.15, -0.1) is 0 Å². The van der Waals surface area contributed by atoms with Crippen LogP contribution in [-0.4, -0.2) is 41.7 Å². The van der Waals surface area contributed by atoms with Gasteiger partial charge in [0.15, 0.2) is 12.4 Å². The topological polar surface area (TPSA) is 92.8 Å². The molecule has 1 saturated heterocycles. The Balaban J connectivity index is 1.62. The van der Waals surface area contributed by atoms with E-state index in [1.54, 1.807) is 67.6 Å². The maximum Gasteiger partial charge on any atom is 0.326 e. The summed E-state index contributed by atoms with van der Waals surface area (Å²) in [6.45, 7) is 0.560. The van der Waals surface area contributed by atoms with Crippen LogP contribution in [0.15, 0.2) is 60.7 Å². The van der Waals surface area contributed by atoms with Crippen LogP contribution in [0.25, 0.3) is 0 Å². The van der Waals surface area contributed by atoms with Gasteiger partial charge in [0.1, 0.15) is 12.1 Å². The maximum absolute atomic E-state index is 12.7. The fraction of sp³-hybridized carbons (Fsp3) is 0.200. The Labute approximate surface area is 155 Å². The Bertz CT molecular complexity index is 882. The molecule has 1 heterocycles. The van der Waals surface area contributed by atoms with Gasteiger partial charge in [-0.25, -0.2) is 4.79 Å². The molecule has 3 rings (SSSR count). The molecule has 0 radical (unpaired) electrons. The van der Waals surface area contributed by atoms with Crippen molar-refractivity contribution in [2.24, 2.45) is 0 Å². The van der Waals surface area contributed by atoms with E-state index in [9.17, 15) is 19.2 Å². The fourth-order valence-corrected chi connectivity index (χ4v) is 2.84. The van der Waals surface area contributed by atoms with Gasteiger partial charge in [0, 0.05) is 5.56 Å². The van der Waals surface area contributed by atoms with Gasteiger partial charge in [0.2, 0.25) is 0 Å². The number of hydrogen-bond acceptors (Lipinski definition) is 5. The first-order chi connectivity index (χ1) is 12.9. The third kappa shape index (κ3) is 3.72. The van der Waals surface area contributed by atoms with Gasteiger partial charge in [-0.05, 0) is 12.5 Å². The maximum atomic E-state index is 12.7. The van der Waals surface area contributed by atoms with Crippen LogP contribution >= 0.6 is 0 Å². The van der Waals surface area contributed by atoms with Crippen LogP contribution in [0.1, 0.15) is 22.8 Å². The molecule has 2 aromatic rings. The zero-order valence-corrected chi connectivity index (χ0v) is 14.7. The van der Waals surface area contributed by atoms with E-state index in [2.05, 4.69) is 5.32 Å². The number of imide groups is 1. The summed E-state index contributed by atoms with van der Waals surface area (Å²) in [5.41, 5.74) is -0.228. The minimum absolute atomic E-state index is 0.365. The number of urea groups is 1. The summed E-state index contributed by atoms with van der Waals surface area (Å²) >= 11 is 0. The summed E-state index contributed by atoms with van der Waals surface area (Å²) in [5.74, 6) is -1.75. The van der Waals surface area contributed by atoms with E-state index in [1.165, 1.54) is 0 Å². The molecule has 0 aliphatic carbocycles. The average molecular weight is 366 g/mol. The Morgan fingerprint density at radius 3 is 2.22 bits per heavy atom. The number of ether oxygens (including phenoxy) is 1. The quantitative estimate of drug-likeness (QED) is 0.479. The van der Waals surface area contributed by atoms with Gasteiger partial charge in [-0.1, -0.05) is 60.7 Å². The second-order valence-electron chi connectivity index (χ2n) is 6.26. The molecule has 1 atom stereocenters. The molecule has 3 amide bonds. The molecule has 0 spiro atoms. The van der Waals surface area contributed by atoms with E-state index in [1.807, 2.05) is 0 Å². The van der Waals surface area contributed by atoms with Crippen LogP contribution in [0.2, 0.25) is 0 Å². The highest BCUT2D eigenvalue weighted by Crippen LogP contribution is 2.28. The molecule has 2 aromatic carbocycles. The molecule has 0 saturated carbocycles. The number of hydrogen-bond donors (Lipinski definition) is 1. The molecule has 1 aliphatic rings. The second-order valence-corrected chi connectivity index (χ2v) is 6.26. The van der Waals surface area contributed by atoms with Crippen molar-refractivity contribution in [1.82, 2.24) is 10.2 Å². The van der Waals surface area contributed by atoms with Crippen molar-refractivity contribution < 1.29 is 23.9 Å². The third-order valence-electron chi connectivity index (χ3n) is 4.37. The van der Waals surface area contributed by atoms with Crippen LogP contribution in [0, 0.1) is 0 Å². The molecule has 0 unspecified atom stereocenters. The first kappa shape index (κ1) is 18.3. The van der Waals surface area contributed by atoms with E-state index < -0.39 is 36.6 Å². The minimum Gasteiger partial charge on any atom is -0.456 e. The number of benzene rings is 2. The summed E-state index contributed by atoms with van der Waals surface area (Å²) < 4.78 is 4.93. The van der Waals surface area contributed by atoms with Crippen LogP contribution in [-0.2, 0) is 19.9 Å². The molecule has 1 N–H and O–H groups in total. The van der Waals surface area contributed by atoms with Crippen molar-refractivity contribution in [3.05, 3.63) is 71.8 Å². The van der Waals surface area contributed by atoms with Crippen molar-refractivity contribution in [3.8, 4) is 0 Å². The molecule has 7 nitrogen and oxygen atoms in total. The van der Waals surface area contributed by atoms with Crippen molar-refractivity contribution in [3.63, 3.8) is 0 Å². The van der Waals surface area contributed by atoms with Crippen LogP contribution in [0.5, 0.6) is 0 Å². The summed E-state index contributed by atoms with van der Waals surface area (Å²) in [5, 5.41) is 2.61. The van der Waals surface area contributed by atoms with E-state index >= 15 is 0 Å². The van der Waals surface area contributed by atoms with Crippen molar-refractivity contribution in [2.75, 3.05) is 13.2 Å². The summed E-state index contributed by atoms with van der Waals surface area (Å²) in [6.07, 6.45) is 0. The molecule has 0 bridgehead atoms. The van der Waals surface area contributed by atoms with Gasteiger partial charge in [0.25, 0.3) is 5.91 Å². The molecule has 1 fully saturated rings.